The van der Waals surface area contributed by atoms with Crippen molar-refractivity contribution in [3.8, 4) is 0 Å². The number of carbonyl (C=O) groups is 3. The first-order valence-corrected chi connectivity index (χ1v) is 11.4. The van der Waals surface area contributed by atoms with E-state index in [0.717, 1.165) is 5.56 Å². The Labute approximate surface area is 185 Å². The largest absolute Gasteiger partial charge is 0.466 e. The topological polar surface area (TPSA) is 87.2 Å². The molecule has 1 spiro atoms. The number of ether oxygens (including phenoxy) is 1. The molecule has 2 amide bonds. The summed E-state index contributed by atoms with van der Waals surface area (Å²) < 4.78 is 5.25. The zero-order valence-electron chi connectivity index (χ0n) is 17.4. The summed E-state index contributed by atoms with van der Waals surface area (Å²) in [6, 6.07) is 13.2. The van der Waals surface area contributed by atoms with Crippen molar-refractivity contribution in [2.45, 2.75) is 38.0 Å². The molecule has 2 saturated heterocycles. The minimum absolute atomic E-state index is 0.0444. The van der Waals surface area contributed by atoms with E-state index in [9.17, 15) is 19.5 Å². The van der Waals surface area contributed by atoms with Crippen molar-refractivity contribution in [2.75, 3.05) is 19.7 Å². The molecule has 31 heavy (non-hydrogen) atoms. The van der Waals surface area contributed by atoms with E-state index in [1.807, 2.05) is 41.8 Å². The Hall–Kier alpha value is -2.71. The lowest BCUT2D eigenvalue weighted by Gasteiger charge is -2.46. The van der Waals surface area contributed by atoms with E-state index in [4.69, 9.17) is 4.74 Å². The first-order chi connectivity index (χ1) is 15.0. The molecule has 0 bridgehead atoms. The van der Waals surface area contributed by atoms with E-state index >= 15 is 0 Å². The van der Waals surface area contributed by atoms with Crippen molar-refractivity contribution in [3.63, 3.8) is 0 Å². The maximum Gasteiger partial charge on any atom is 0.314 e. The molecule has 164 valence electrons. The molecule has 7 nitrogen and oxygen atoms in total. The summed E-state index contributed by atoms with van der Waals surface area (Å²) in [5, 5.41) is 12.6. The monoisotopic (exact) mass is 442 g/mol. The van der Waals surface area contributed by atoms with Crippen LogP contribution in [0.5, 0.6) is 0 Å². The highest BCUT2D eigenvalue weighted by atomic mass is 32.1. The number of piperidine rings is 1. The van der Waals surface area contributed by atoms with Gasteiger partial charge in [-0.15, -0.1) is 11.3 Å². The molecule has 2 aliphatic rings. The van der Waals surface area contributed by atoms with Crippen LogP contribution in [-0.2, 0) is 20.9 Å². The molecule has 1 N–H and O–H groups in total. The van der Waals surface area contributed by atoms with Gasteiger partial charge in [-0.1, -0.05) is 36.4 Å². The molecule has 4 rings (SSSR count). The van der Waals surface area contributed by atoms with Crippen molar-refractivity contribution in [2.24, 2.45) is 5.92 Å². The number of amides is 2. The Kier molecular flexibility index (Phi) is 6.11. The minimum atomic E-state index is -1.44. The summed E-state index contributed by atoms with van der Waals surface area (Å²) >= 11 is 1.39. The van der Waals surface area contributed by atoms with Crippen LogP contribution in [0.2, 0.25) is 0 Å². The van der Waals surface area contributed by atoms with Gasteiger partial charge < -0.3 is 19.6 Å². The Morgan fingerprint density at radius 1 is 1.16 bits per heavy atom. The summed E-state index contributed by atoms with van der Waals surface area (Å²) in [7, 11) is 0. The zero-order chi connectivity index (χ0) is 22.0. The third-order valence-electron chi connectivity index (χ3n) is 6.32. The van der Waals surface area contributed by atoms with Gasteiger partial charge in [0.05, 0.1) is 17.0 Å². The summed E-state index contributed by atoms with van der Waals surface area (Å²) in [5.74, 6) is -2.03. The fraction of sp³-hybridized carbons (Fsp3) is 0.435. The highest BCUT2D eigenvalue weighted by Crippen LogP contribution is 2.45. The quantitative estimate of drug-likeness (QED) is 0.718. The Morgan fingerprint density at radius 2 is 1.87 bits per heavy atom. The van der Waals surface area contributed by atoms with Crippen LogP contribution in [0.15, 0.2) is 47.8 Å². The molecular weight excluding hydrogens is 416 g/mol. The van der Waals surface area contributed by atoms with Gasteiger partial charge in [0.2, 0.25) is 0 Å². The number of carbonyl (C=O) groups excluding carboxylic acids is 3. The van der Waals surface area contributed by atoms with Gasteiger partial charge >= 0.3 is 5.97 Å². The van der Waals surface area contributed by atoms with Gasteiger partial charge in [-0.05, 0) is 36.8 Å². The molecule has 3 heterocycles. The van der Waals surface area contributed by atoms with Crippen LogP contribution in [-0.4, -0.2) is 64.0 Å². The number of aliphatic hydroxyl groups excluding tert-OH is 1. The fourth-order valence-corrected chi connectivity index (χ4v) is 5.49. The molecule has 2 aliphatic heterocycles. The van der Waals surface area contributed by atoms with Gasteiger partial charge in [-0.25, -0.2) is 0 Å². The average Bonchev–Trinajstić information content (AvgIpc) is 3.38. The summed E-state index contributed by atoms with van der Waals surface area (Å²) in [6.45, 7) is 2.98. The maximum absolute atomic E-state index is 13.1. The number of nitrogens with zero attached hydrogens (tertiary/aromatic N) is 2. The second-order valence-electron chi connectivity index (χ2n) is 7.96. The van der Waals surface area contributed by atoms with E-state index < -0.39 is 29.4 Å². The number of benzene rings is 1. The van der Waals surface area contributed by atoms with E-state index in [-0.39, 0.29) is 12.5 Å². The minimum Gasteiger partial charge on any atom is -0.466 e. The van der Waals surface area contributed by atoms with Crippen molar-refractivity contribution >= 4 is 29.1 Å². The number of hydrogen-bond donors (Lipinski definition) is 1. The van der Waals surface area contributed by atoms with Gasteiger partial charge in [0, 0.05) is 19.6 Å². The normalized spacial score (nSPS) is 22.7. The first-order valence-electron chi connectivity index (χ1n) is 10.5. The smallest absolute Gasteiger partial charge is 0.314 e. The zero-order valence-corrected chi connectivity index (χ0v) is 18.2. The second-order valence-corrected chi connectivity index (χ2v) is 8.91. The lowest BCUT2D eigenvalue weighted by molar-refractivity contribution is -0.156. The molecule has 8 heteroatoms. The summed E-state index contributed by atoms with van der Waals surface area (Å²) in [4.78, 5) is 42.8. The highest BCUT2D eigenvalue weighted by Gasteiger charge is 2.62. The van der Waals surface area contributed by atoms with Crippen molar-refractivity contribution in [1.29, 1.82) is 0 Å². The molecule has 1 aromatic heterocycles. The number of rotatable bonds is 5. The summed E-state index contributed by atoms with van der Waals surface area (Å²) in [6.07, 6.45) is -0.630. The van der Waals surface area contributed by atoms with Crippen molar-refractivity contribution < 1.29 is 24.2 Å². The average molecular weight is 443 g/mol. The Balaban J connectivity index is 1.63. The van der Waals surface area contributed by atoms with Gasteiger partial charge in [0.1, 0.15) is 12.0 Å². The van der Waals surface area contributed by atoms with Gasteiger partial charge in [-0.2, -0.15) is 0 Å². The Morgan fingerprint density at radius 3 is 2.48 bits per heavy atom. The second kappa shape index (κ2) is 8.80. The standard InChI is InChI=1S/C23H26N2O5S/c1-2-30-22(29)18-19(26)21(28)25(15-16-7-4-3-5-8-16)23(18)10-12-24(13-11-23)20(27)17-9-6-14-31-17/h3-9,14,18-19,26H,2,10-13,15H2,1H3/t18-,19-/m1/s1. The van der Waals surface area contributed by atoms with Gasteiger partial charge in [-0.3, -0.25) is 14.4 Å². The number of aliphatic hydroxyl groups is 1. The van der Waals surface area contributed by atoms with Gasteiger partial charge in [0.15, 0.2) is 0 Å². The highest BCUT2D eigenvalue weighted by molar-refractivity contribution is 7.12. The van der Waals surface area contributed by atoms with E-state index in [2.05, 4.69) is 0 Å². The number of likely N-dealkylation sites (tertiary alicyclic amines) is 2. The molecule has 0 radical (unpaired) electrons. The molecule has 2 atom stereocenters. The SMILES string of the molecule is CCOC(=O)[C@H]1[C@@H](O)C(=O)N(Cc2ccccc2)C12CCN(C(=O)c1cccs1)CC2. The molecule has 0 unspecified atom stereocenters. The van der Waals surface area contributed by atoms with Crippen LogP contribution in [0.25, 0.3) is 0 Å². The lowest BCUT2D eigenvalue weighted by Crippen LogP contribution is -2.58. The van der Waals surface area contributed by atoms with Gasteiger partial charge in [0.25, 0.3) is 11.8 Å². The van der Waals surface area contributed by atoms with Crippen LogP contribution >= 0.6 is 11.3 Å². The molecule has 1 aromatic carbocycles. The lowest BCUT2D eigenvalue weighted by atomic mass is 9.75. The fourth-order valence-electron chi connectivity index (χ4n) is 4.80. The maximum atomic E-state index is 13.1. The molecular formula is C23H26N2O5S. The van der Waals surface area contributed by atoms with Crippen LogP contribution < -0.4 is 0 Å². The van der Waals surface area contributed by atoms with Crippen molar-refractivity contribution in [1.82, 2.24) is 9.80 Å². The molecule has 0 saturated carbocycles. The van der Waals surface area contributed by atoms with Crippen LogP contribution in [0.4, 0.5) is 0 Å². The third-order valence-corrected chi connectivity index (χ3v) is 7.18. The molecule has 2 fully saturated rings. The number of esters is 1. The van der Waals surface area contributed by atoms with E-state index in [1.54, 1.807) is 22.8 Å². The molecule has 0 aliphatic carbocycles. The van der Waals surface area contributed by atoms with Crippen LogP contribution in [0, 0.1) is 5.92 Å². The van der Waals surface area contributed by atoms with E-state index in [0.29, 0.717) is 37.4 Å². The van der Waals surface area contributed by atoms with E-state index in [1.165, 1.54) is 11.3 Å². The Bertz CT molecular complexity index is 938. The van der Waals surface area contributed by atoms with Crippen LogP contribution in [0.1, 0.15) is 35.0 Å². The van der Waals surface area contributed by atoms with Crippen molar-refractivity contribution in [3.05, 3.63) is 58.3 Å². The molecule has 2 aromatic rings. The first kappa shape index (κ1) is 21.5. The number of hydrogen-bond acceptors (Lipinski definition) is 6. The third kappa shape index (κ3) is 3.85. The predicted molar refractivity (Wildman–Crippen MR) is 115 cm³/mol. The summed E-state index contributed by atoms with van der Waals surface area (Å²) in [5.41, 5.74) is 0.0363. The predicted octanol–water partition coefficient (Wildman–Crippen LogP) is 2.31. The van der Waals surface area contributed by atoms with Crippen LogP contribution in [0.3, 0.4) is 0 Å². The number of thiophene rings is 1.